The van der Waals surface area contributed by atoms with Crippen LogP contribution in [-0.4, -0.2) is 65.3 Å². The Labute approximate surface area is 330 Å². The molecule has 4 aliphatic rings. The monoisotopic (exact) mass is 820 g/mol. The second-order valence-electron chi connectivity index (χ2n) is 15.7. The van der Waals surface area contributed by atoms with E-state index in [-0.39, 0.29) is 43.3 Å². The number of carbonyl (C=O) groups is 3. The minimum absolute atomic E-state index is 0.0274. The number of hydrogen-bond donors (Lipinski definition) is 2. The molecule has 1 saturated heterocycles. The van der Waals surface area contributed by atoms with Crippen LogP contribution in [0.2, 0.25) is 18.6 Å². The van der Waals surface area contributed by atoms with Crippen molar-refractivity contribution in [1.82, 2.24) is 4.90 Å². The highest BCUT2D eigenvalue weighted by Gasteiger charge is 2.66. The lowest BCUT2D eigenvalue weighted by molar-refractivity contribution is -0.151. The fourth-order valence-electron chi connectivity index (χ4n) is 9.30. The molecule has 0 aromatic heterocycles. The Bertz CT molecular complexity index is 2190. The molecule has 1 spiro atoms. The number of hydrogen-bond acceptors (Lipinski definition) is 7. The van der Waals surface area contributed by atoms with Crippen molar-refractivity contribution in [2.45, 2.75) is 82.1 Å². The van der Waals surface area contributed by atoms with E-state index in [1.165, 1.54) is 5.01 Å². The van der Waals surface area contributed by atoms with Gasteiger partial charge in [-0.15, -0.1) is 0 Å². The number of nitrogens with zero attached hydrogens (tertiary/aromatic N) is 4. The third kappa shape index (κ3) is 6.67. The summed E-state index contributed by atoms with van der Waals surface area (Å²) in [6.45, 7) is 6.07. The van der Waals surface area contributed by atoms with Gasteiger partial charge in [-0.25, -0.2) is 5.01 Å². The Kier molecular flexibility index (Phi) is 9.91. The van der Waals surface area contributed by atoms with E-state index >= 15 is 4.79 Å². The van der Waals surface area contributed by atoms with Crippen LogP contribution in [0.5, 0.6) is 0 Å². The minimum Gasteiger partial charge on any atom is -0.432 e. The Hall–Kier alpha value is -4.46. The van der Waals surface area contributed by atoms with Crippen LogP contribution < -0.4 is 9.91 Å². The lowest BCUT2D eigenvalue weighted by Crippen LogP contribution is -2.48. The lowest BCUT2D eigenvalue weighted by atomic mass is 9.82. The van der Waals surface area contributed by atoms with Crippen molar-refractivity contribution in [1.29, 1.82) is 0 Å². The zero-order valence-corrected chi connectivity index (χ0v) is 33.8. The topological polar surface area (TPSA) is 123 Å². The van der Waals surface area contributed by atoms with E-state index in [9.17, 15) is 19.5 Å². The van der Waals surface area contributed by atoms with Gasteiger partial charge in [-0.2, -0.15) is 5.10 Å². The summed E-state index contributed by atoms with van der Waals surface area (Å²) in [6.07, 6.45) is 0.690. The summed E-state index contributed by atoms with van der Waals surface area (Å²) < 4.78 is 7.77. The molecule has 0 saturated carbocycles. The van der Waals surface area contributed by atoms with Crippen LogP contribution in [0.4, 0.5) is 11.4 Å². The normalized spacial score (nSPS) is 25.0. The van der Waals surface area contributed by atoms with Crippen molar-refractivity contribution < 1.29 is 29.0 Å². The van der Waals surface area contributed by atoms with Crippen molar-refractivity contribution in [3.63, 3.8) is 0 Å². The summed E-state index contributed by atoms with van der Waals surface area (Å²) >= 11 is 3.63. The number of halogens is 1. The largest absolute Gasteiger partial charge is 0.432 e. The van der Waals surface area contributed by atoms with Gasteiger partial charge >= 0.3 is 0 Å². The average Bonchev–Trinajstić information content (AvgIpc) is 3.60. The average molecular weight is 822 g/mol. The molecule has 2 N–H and O–H groups in total. The summed E-state index contributed by atoms with van der Waals surface area (Å²) in [5.41, 5.74) is 4.89. The molecule has 12 heteroatoms. The minimum atomic E-state index is -3.04. The van der Waals surface area contributed by atoms with Gasteiger partial charge in [-0.1, -0.05) is 89.6 Å². The van der Waals surface area contributed by atoms with Gasteiger partial charge in [0.25, 0.3) is 5.91 Å². The van der Waals surface area contributed by atoms with Crippen LogP contribution in [0.25, 0.3) is 0 Å². The standard InChI is InChI=1S/C43H45BrN4O6Si/c1-27-41(55(2,3)53)38(23-40(51)46-25-31-14-8-7-13-30(31)21-34(46)26-49)54-43(27)35-22-32(44)16-18-37(35)47(42(43)52)24-28-10-9-15-33(20-28)48-39(50)19-17-36(45-48)29-11-5-4-6-12-29/h4-16,18,20,22,27,34,38,41,49,53H,17,19,21,23-26H2,1-3H3/t27-,34-,38+,41-,43+/m0/s1. The van der Waals surface area contributed by atoms with E-state index in [1.807, 2.05) is 117 Å². The summed E-state index contributed by atoms with van der Waals surface area (Å²) in [5, 5.41) is 16.5. The van der Waals surface area contributed by atoms with E-state index in [1.54, 1.807) is 9.80 Å². The van der Waals surface area contributed by atoms with Gasteiger partial charge in [0, 0.05) is 40.9 Å². The van der Waals surface area contributed by atoms with Crippen molar-refractivity contribution in [2.75, 3.05) is 16.5 Å². The summed E-state index contributed by atoms with van der Waals surface area (Å²) in [7, 11) is -3.04. The molecular formula is C43H45BrN4O6Si. The number of rotatable bonds is 8. The van der Waals surface area contributed by atoms with Crippen LogP contribution in [0, 0.1) is 5.92 Å². The molecule has 4 aromatic carbocycles. The lowest BCUT2D eigenvalue weighted by Gasteiger charge is -2.37. The van der Waals surface area contributed by atoms with E-state index in [0.717, 1.165) is 32.4 Å². The molecule has 0 aliphatic carbocycles. The first kappa shape index (κ1) is 37.5. The van der Waals surface area contributed by atoms with E-state index in [2.05, 4.69) is 15.9 Å². The SMILES string of the molecule is C[C@H]1[C@H]([Si](C)(C)O)[C@@H](CC(=O)N2Cc3ccccc3C[C@H]2CO)O[C@]12C(=O)N(Cc1cccc(N3N=C(c4ccccc4)CCC3=O)c1)c1ccc(Br)cc12. The maximum absolute atomic E-state index is 15.1. The van der Waals surface area contributed by atoms with E-state index < -0.39 is 31.5 Å². The molecule has 0 bridgehead atoms. The summed E-state index contributed by atoms with van der Waals surface area (Å²) in [6, 6.07) is 30.7. The molecule has 1 fully saturated rings. The number of hydrazone groups is 1. The number of aliphatic hydroxyl groups is 1. The van der Waals surface area contributed by atoms with Gasteiger partial charge in [0.2, 0.25) is 11.8 Å². The molecule has 4 aliphatic heterocycles. The molecule has 10 nitrogen and oxygen atoms in total. The number of benzene rings is 4. The number of anilines is 2. The molecule has 8 rings (SSSR count). The molecule has 284 valence electrons. The maximum atomic E-state index is 15.1. The first-order valence-corrected chi connectivity index (χ1v) is 22.7. The predicted octanol–water partition coefficient (Wildman–Crippen LogP) is 6.66. The second kappa shape index (κ2) is 14.6. The number of fused-ring (bicyclic) bond motifs is 3. The van der Waals surface area contributed by atoms with Crippen molar-refractivity contribution >= 4 is 59.1 Å². The summed E-state index contributed by atoms with van der Waals surface area (Å²) in [4.78, 5) is 57.8. The first-order chi connectivity index (χ1) is 26.4. The van der Waals surface area contributed by atoms with Gasteiger partial charge in [-0.05, 0) is 72.1 Å². The zero-order valence-electron chi connectivity index (χ0n) is 31.2. The van der Waals surface area contributed by atoms with Gasteiger partial charge < -0.3 is 24.4 Å². The first-order valence-electron chi connectivity index (χ1n) is 18.9. The van der Waals surface area contributed by atoms with E-state index in [0.29, 0.717) is 42.7 Å². The molecule has 3 amide bonds. The van der Waals surface area contributed by atoms with Gasteiger partial charge in [-0.3, -0.25) is 14.4 Å². The Morgan fingerprint density at radius 2 is 1.71 bits per heavy atom. The second-order valence-corrected chi connectivity index (χ2v) is 20.6. The van der Waals surface area contributed by atoms with Crippen LogP contribution in [0.1, 0.15) is 54.0 Å². The van der Waals surface area contributed by atoms with Gasteiger partial charge in [0.05, 0.1) is 48.8 Å². The highest BCUT2D eigenvalue weighted by molar-refractivity contribution is 9.10. The Morgan fingerprint density at radius 3 is 2.45 bits per heavy atom. The Balaban J connectivity index is 1.10. The highest BCUT2D eigenvalue weighted by atomic mass is 79.9. The third-order valence-corrected chi connectivity index (χ3v) is 14.8. The van der Waals surface area contributed by atoms with Crippen LogP contribution >= 0.6 is 15.9 Å². The maximum Gasteiger partial charge on any atom is 0.264 e. The van der Waals surface area contributed by atoms with E-state index in [4.69, 9.17) is 9.84 Å². The smallest absolute Gasteiger partial charge is 0.264 e. The Morgan fingerprint density at radius 1 is 0.964 bits per heavy atom. The van der Waals surface area contributed by atoms with Crippen LogP contribution in [-0.2, 0) is 44.2 Å². The molecule has 4 heterocycles. The van der Waals surface area contributed by atoms with Crippen molar-refractivity contribution in [3.8, 4) is 0 Å². The number of aliphatic hydroxyl groups excluding tert-OH is 1. The quantitative estimate of drug-likeness (QED) is 0.192. The van der Waals surface area contributed by atoms with Gasteiger partial charge in [0.1, 0.15) is 0 Å². The molecule has 0 radical (unpaired) electrons. The van der Waals surface area contributed by atoms with Crippen molar-refractivity contribution in [3.05, 3.63) is 129 Å². The van der Waals surface area contributed by atoms with Gasteiger partial charge in [0.15, 0.2) is 13.9 Å². The number of amides is 3. The molecular weight excluding hydrogens is 776 g/mol. The molecule has 55 heavy (non-hydrogen) atoms. The molecule has 4 aromatic rings. The van der Waals surface area contributed by atoms with Crippen molar-refractivity contribution in [2.24, 2.45) is 11.0 Å². The highest BCUT2D eigenvalue weighted by Crippen LogP contribution is 2.60. The predicted molar refractivity (Wildman–Crippen MR) is 217 cm³/mol. The molecule has 5 atom stereocenters. The fourth-order valence-corrected chi connectivity index (χ4v) is 12.2. The summed E-state index contributed by atoms with van der Waals surface area (Å²) in [5.74, 6) is -0.987. The number of ether oxygens (including phenoxy) is 1. The molecule has 0 unspecified atom stereocenters. The number of carbonyl (C=O) groups excluding carboxylic acids is 3. The fraction of sp³-hybridized carbons (Fsp3) is 0.349. The van der Waals surface area contributed by atoms with Crippen LogP contribution in [0.15, 0.2) is 107 Å². The zero-order chi connectivity index (χ0) is 38.6. The van der Waals surface area contributed by atoms with Crippen LogP contribution in [0.3, 0.4) is 0 Å². The third-order valence-electron chi connectivity index (χ3n) is 11.8.